The average molecular weight is 398 g/mol. The fourth-order valence-electron chi connectivity index (χ4n) is 1.68. The van der Waals surface area contributed by atoms with Crippen LogP contribution >= 0.6 is 34.4 Å². The maximum Gasteiger partial charge on any atom is 0.319 e. The van der Waals surface area contributed by atoms with Gasteiger partial charge in [0.2, 0.25) is 0 Å². The maximum absolute atomic E-state index is 11.8. The van der Waals surface area contributed by atoms with E-state index in [1.165, 1.54) is 4.90 Å². The zero-order chi connectivity index (χ0) is 14.4. The minimum Gasteiger partial charge on any atom is -0.334 e. The van der Waals surface area contributed by atoms with E-state index in [9.17, 15) is 4.79 Å². The molecule has 0 aliphatic rings. The summed E-state index contributed by atoms with van der Waals surface area (Å²) in [5, 5.41) is 5.66. The highest BCUT2D eigenvalue weighted by molar-refractivity contribution is 14.1. The van der Waals surface area contributed by atoms with Gasteiger partial charge >= 0.3 is 6.03 Å². The minimum atomic E-state index is -0.194. The number of nitrogens with one attached hydrogen (secondary N) is 2. The minimum absolute atomic E-state index is 0.194. The van der Waals surface area contributed by atoms with Crippen molar-refractivity contribution in [3.63, 3.8) is 0 Å². The number of benzene rings is 2. The lowest BCUT2D eigenvalue weighted by atomic mass is 10.2. The summed E-state index contributed by atoms with van der Waals surface area (Å²) in [6.45, 7) is 0.519. The highest BCUT2D eigenvalue weighted by Crippen LogP contribution is 2.17. The van der Waals surface area contributed by atoms with E-state index >= 15 is 0 Å². The second-order valence-electron chi connectivity index (χ2n) is 4.17. The summed E-state index contributed by atoms with van der Waals surface area (Å²) in [5.74, 6) is 0. The van der Waals surface area contributed by atoms with Gasteiger partial charge in [-0.2, -0.15) is 0 Å². The Balaban J connectivity index is 1.85. The molecule has 3 nitrogen and oxygen atoms in total. The van der Waals surface area contributed by atoms with Crippen molar-refractivity contribution in [2.24, 2.45) is 0 Å². The molecule has 0 unspecified atom stereocenters. The van der Waals surface area contributed by atoms with Crippen LogP contribution in [0.25, 0.3) is 0 Å². The van der Waals surface area contributed by atoms with Gasteiger partial charge in [-0.15, -0.1) is 11.8 Å². The van der Waals surface area contributed by atoms with Crippen molar-refractivity contribution in [1.29, 1.82) is 0 Å². The fraction of sp³-hybridized carbons (Fsp3) is 0.133. The van der Waals surface area contributed by atoms with Gasteiger partial charge in [0.25, 0.3) is 0 Å². The molecule has 5 heteroatoms. The smallest absolute Gasteiger partial charge is 0.319 e. The Hall–Kier alpha value is -1.21. The van der Waals surface area contributed by atoms with Crippen molar-refractivity contribution >= 4 is 46.1 Å². The van der Waals surface area contributed by atoms with Crippen molar-refractivity contribution in [1.82, 2.24) is 5.32 Å². The van der Waals surface area contributed by atoms with E-state index in [0.717, 1.165) is 14.8 Å². The monoisotopic (exact) mass is 398 g/mol. The summed E-state index contributed by atoms with van der Waals surface area (Å²) < 4.78 is 1.16. The third-order valence-corrected chi connectivity index (χ3v) is 4.10. The summed E-state index contributed by atoms with van der Waals surface area (Å²) >= 11 is 3.93. The number of urea groups is 1. The van der Waals surface area contributed by atoms with Gasteiger partial charge in [0.1, 0.15) is 0 Å². The Morgan fingerprint density at radius 2 is 1.95 bits per heavy atom. The Kier molecular flexibility index (Phi) is 5.72. The van der Waals surface area contributed by atoms with Crippen molar-refractivity contribution < 1.29 is 4.79 Å². The van der Waals surface area contributed by atoms with Crippen LogP contribution in [0.5, 0.6) is 0 Å². The first-order chi connectivity index (χ1) is 9.67. The number of halogens is 1. The molecule has 0 aromatic heterocycles. The molecular weight excluding hydrogens is 383 g/mol. The number of hydrogen-bond donors (Lipinski definition) is 2. The van der Waals surface area contributed by atoms with Gasteiger partial charge in [-0.3, -0.25) is 0 Å². The van der Waals surface area contributed by atoms with Gasteiger partial charge in [0.05, 0.1) is 0 Å². The summed E-state index contributed by atoms with van der Waals surface area (Å²) in [7, 11) is 0. The van der Waals surface area contributed by atoms with E-state index in [-0.39, 0.29) is 6.03 Å². The zero-order valence-electron chi connectivity index (χ0n) is 11.0. The molecule has 2 N–H and O–H groups in total. The van der Waals surface area contributed by atoms with Crippen LogP contribution in [0.15, 0.2) is 53.4 Å². The van der Waals surface area contributed by atoms with Crippen molar-refractivity contribution in [2.45, 2.75) is 11.4 Å². The number of hydrogen-bond acceptors (Lipinski definition) is 2. The molecule has 104 valence electrons. The lowest BCUT2D eigenvalue weighted by Gasteiger charge is -2.08. The van der Waals surface area contributed by atoms with Gasteiger partial charge in [-0.1, -0.05) is 12.1 Å². The molecule has 0 fully saturated rings. The Morgan fingerprint density at radius 3 is 2.60 bits per heavy atom. The average Bonchev–Trinajstić information content (AvgIpc) is 2.46. The molecule has 0 aliphatic heterocycles. The lowest BCUT2D eigenvalue weighted by molar-refractivity contribution is 0.251. The zero-order valence-corrected chi connectivity index (χ0v) is 14.0. The molecule has 0 heterocycles. The maximum atomic E-state index is 11.8. The largest absolute Gasteiger partial charge is 0.334 e. The van der Waals surface area contributed by atoms with Gasteiger partial charge in [0, 0.05) is 20.7 Å². The normalized spacial score (nSPS) is 10.1. The molecule has 2 aromatic rings. The molecule has 0 bridgehead atoms. The number of carbonyl (C=O) groups is 1. The Morgan fingerprint density at radius 1 is 1.20 bits per heavy atom. The standard InChI is InChI=1S/C15H15IN2OS/c1-20-14-7-5-13(6-8-14)18-15(19)17-10-11-3-2-4-12(16)9-11/h2-9H,10H2,1H3,(H2,17,18,19). The second-order valence-corrected chi connectivity index (χ2v) is 6.29. The van der Waals surface area contributed by atoms with Crippen molar-refractivity contribution in [2.75, 3.05) is 11.6 Å². The fourth-order valence-corrected chi connectivity index (χ4v) is 2.69. The Labute approximate surface area is 136 Å². The van der Waals surface area contributed by atoms with Crippen LogP contribution in [-0.4, -0.2) is 12.3 Å². The quantitative estimate of drug-likeness (QED) is 0.595. The van der Waals surface area contributed by atoms with E-state index in [1.54, 1.807) is 11.8 Å². The summed E-state index contributed by atoms with van der Waals surface area (Å²) in [5.41, 5.74) is 1.88. The van der Waals surface area contributed by atoms with Crippen LogP contribution in [0.2, 0.25) is 0 Å². The number of rotatable bonds is 4. The molecule has 0 spiro atoms. The molecule has 0 saturated heterocycles. The first-order valence-corrected chi connectivity index (χ1v) is 8.41. The van der Waals surface area contributed by atoms with Crippen LogP contribution in [0.3, 0.4) is 0 Å². The van der Waals surface area contributed by atoms with Crippen LogP contribution < -0.4 is 10.6 Å². The molecule has 0 atom stereocenters. The molecule has 0 radical (unpaired) electrons. The highest BCUT2D eigenvalue weighted by Gasteiger charge is 2.02. The van der Waals surface area contributed by atoms with Crippen molar-refractivity contribution in [3.05, 3.63) is 57.7 Å². The number of thioether (sulfide) groups is 1. The number of carbonyl (C=O) groups excluding carboxylic acids is 1. The first kappa shape index (κ1) is 15.2. The second kappa shape index (κ2) is 7.54. The SMILES string of the molecule is CSc1ccc(NC(=O)NCc2cccc(I)c2)cc1. The predicted molar refractivity (Wildman–Crippen MR) is 93.2 cm³/mol. The van der Waals surface area contributed by atoms with E-state index in [1.807, 2.05) is 54.8 Å². The molecule has 20 heavy (non-hydrogen) atoms. The number of amides is 2. The summed E-state index contributed by atoms with van der Waals surface area (Å²) in [6, 6.07) is 15.6. The molecule has 0 aliphatic carbocycles. The van der Waals surface area contributed by atoms with E-state index < -0.39 is 0 Å². The van der Waals surface area contributed by atoms with Crippen molar-refractivity contribution in [3.8, 4) is 0 Å². The molecule has 0 saturated carbocycles. The Bertz CT molecular complexity index is 587. The summed E-state index contributed by atoms with van der Waals surface area (Å²) in [4.78, 5) is 13.0. The number of anilines is 1. The first-order valence-electron chi connectivity index (χ1n) is 6.11. The molecule has 2 rings (SSSR count). The van der Waals surface area contributed by atoms with Crippen LogP contribution in [-0.2, 0) is 6.54 Å². The van der Waals surface area contributed by atoms with E-state index in [2.05, 4.69) is 33.2 Å². The summed E-state index contributed by atoms with van der Waals surface area (Å²) in [6.07, 6.45) is 2.02. The highest BCUT2D eigenvalue weighted by atomic mass is 127. The molecule has 2 amide bonds. The van der Waals surface area contributed by atoms with Gasteiger partial charge in [0.15, 0.2) is 0 Å². The van der Waals surface area contributed by atoms with E-state index in [4.69, 9.17) is 0 Å². The van der Waals surface area contributed by atoms with Crippen LogP contribution in [0.1, 0.15) is 5.56 Å². The predicted octanol–water partition coefficient (Wildman–Crippen LogP) is 4.33. The van der Waals surface area contributed by atoms with Crippen LogP contribution in [0, 0.1) is 3.57 Å². The lowest BCUT2D eigenvalue weighted by Crippen LogP contribution is -2.28. The van der Waals surface area contributed by atoms with Gasteiger partial charge in [-0.05, 0) is 70.8 Å². The molecule has 2 aromatic carbocycles. The third-order valence-electron chi connectivity index (χ3n) is 2.69. The third kappa shape index (κ3) is 4.72. The van der Waals surface area contributed by atoms with Crippen LogP contribution in [0.4, 0.5) is 10.5 Å². The van der Waals surface area contributed by atoms with Gasteiger partial charge in [-0.25, -0.2) is 4.79 Å². The molecular formula is C15H15IN2OS. The topological polar surface area (TPSA) is 41.1 Å². The van der Waals surface area contributed by atoms with Gasteiger partial charge < -0.3 is 10.6 Å². The van der Waals surface area contributed by atoms with E-state index in [0.29, 0.717) is 6.54 Å².